The molecule has 0 fully saturated rings. The van der Waals surface area contributed by atoms with Gasteiger partial charge in [0.05, 0.1) is 141 Å². The van der Waals surface area contributed by atoms with E-state index in [0.29, 0.717) is 137 Å². The second kappa shape index (κ2) is 34.7. The van der Waals surface area contributed by atoms with E-state index in [1.807, 2.05) is 0 Å². The molecule has 86 heavy (non-hydrogen) atoms. The van der Waals surface area contributed by atoms with Gasteiger partial charge in [0.2, 0.25) is 30.4 Å². The number of nitrogens with one attached hydrogen (secondary N) is 5. The SMILES string of the molecule is CC[C@@]1(O)C(=O)OCc2c1cc1n(c2=O)Cc2c-1nc1cc3c(cc1c2CNC(=O)CNC(=O)[C@H](CCCNC(=O)OC(C)(C)C)NC(=O)[C@@H](NC(=O)CCOCCOCCOCCOCCOCCOCCOCCOCCN)C(C)C)OCO3. The number of fused-ring (bicyclic) bond motifs is 6. The maximum atomic E-state index is 14.0. The molecule has 0 unspecified atom stereocenters. The predicted molar refractivity (Wildman–Crippen MR) is 308 cm³/mol. The van der Waals surface area contributed by atoms with Gasteiger partial charge in [-0.1, -0.05) is 20.8 Å². The minimum atomic E-state index is -2.04. The number of nitrogens with zero attached hydrogens (tertiary/aromatic N) is 2. The van der Waals surface area contributed by atoms with Gasteiger partial charge in [-0.3, -0.25) is 24.0 Å². The fourth-order valence-corrected chi connectivity index (χ4v) is 9.31. The third kappa shape index (κ3) is 20.5. The molecule has 3 atom stereocenters. The first kappa shape index (κ1) is 68.5. The van der Waals surface area contributed by atoms with Crippen LogP contribution in [-0.4, -0.2) is 200 Å². The lowest BCUT2D eigenvalue weighted by Crippen LogP contribution is -2.56. The van der Waals surface area contributed by atoms with Gasteiger partial charge in [-0.05, 0) is 63.6 Å². The van der Waals surface area contributed by atoms with E-state index in [9.17, 15) is 38.7 Å². The highest BCUT2D eigenvalue weighted by atomic mass is 16.7. The van der Waals surface area contributed by atoms with Crippen molar-refractivity contribution in [1.82, 2.24) is 36.1 Å². The Balaban J connectivity index is 0.939. The maximum Gasteiger partial charge on any atom is 0.407 e. The molecule has 478 valence electrons. The predicted octanol–water partition coefficient (Wildman–Crippen LogP) is 0.953. The number of carbonyl (C=O) groups excluding carboxylic acids is 6. The summed E-state index contributed by atoms with van der Waals surface area (Å²) in [5.74, 6) is -2.80. The van der Waals surface area contributed by atoms with Crippen LogP contribution in [0, 0.1) is 5.92 Å². The van der Waals surface area contributed by atoms with E-state index in [2.05, 4.69) is 26.6 Å². The number of carbonyl (C=O) groups is 6. The molecule has 0 saturated heterocycles. The lowest BCUT2D eigenvalue weighted by atomic mass is 9.86. The summed E-state index contributed by atoms with van der Waals surface area (Å²) in [6.07, 6.45) is -0.536. The second-order valence-corrected chi connectivity index (χ2v) is 21.6. The zero-order chi connectivity index (χ0) is 62.1. The van der Waals surface area contributed by atoms with Crippen molar-refractivity contribution in [2.45, 2.75) is 110 Å². The number of hydrogen-bond acceptors (Lipinski definition) is 22. The summed E-state index contributed by atoms with van der Waals surface area (Å²) in [6, 6.07) is 2.75. The summed E-state index contributed by atoms with van der Waals surface area (Å²) in [6.45, 7) is 16.2. The van der Waals surface area contributed by atoms with Crippen LogP contribution in [0.25, 0.3) is 22.3 Å². The zero-order valence-corrected chi connectivity index (χ0v) is 50.2. The summed E-state index contributed by atoms with van der Waals surface area (Å²) >= 11 is 0. The highest BCUT2D eigenvalue weighted by Gasteiger charge is 2.46. The molecule has 0 spiro atoms. The van der Waals surface area contributed by atoms with Gasteiger partial charge in [0.1, 0.15) is 24.3 Å². The number of nitrogens with two attached hydrogens (primary N) is 1. The number of benzene rings is 1. The summed E-state index contributed by atoms with van der Waals surface area (Å²) in [5, 5.41) is 25.6. The van der Waals surface area contributed by atoms with Crippen LogP contribution in [0.15, 0.2) is 23.0 Å². The van der Waals surface area contributed by atoms with Crippen molar-refractivity contribution in [1.29, 1.82) is 0 Å². The molecule has 0 aliphatic carbocycles. The largest absolute Gasteiger partial charge is 0.458 e. The maximum absolute atomic E-state index is 14.0. The molecule has 0 saturated carbocycles. The Morgan fingerprint density at radius 1 is 0.721 bits per heavy atom. The zero-order valence-electron chi connectivity index (χ0n) is 50.2. The van der Waals surface area contributed by atoms with Crippen molar-refractivity contribution < 1.29 is 90.7 Å². The number of rotatable bonds is 40. The van der Waals surface area contributed by atoms with Crippen LogP contribution in [0.2, 0.25) is 0 Å². The Bertz CT molecular complexity index is 2810. The van der Waals surface area contributed by atoms with Gasteiger partial charge in [0.25, 0.3) is 5.56 Å². The monoisotopic (exact) mass is 1210 g/mol. The van der Waals surface area contributed by atoms with Gasteiger partial charge in [0.15, 0.2) is 17.1 Å². The molecule has 28 heteroatoms. The molecule has 0 bridgehead atoms. The van der Waals surface area contributed by atoms with Crippen molar-refractivity contribution in [3.8, 4) is 22.9 Å². The molecular weight excluding hydrogens is 1130 g/mol. The quantitative estimate of drug-likeness (QED) is 0.0241. The van der Waals surface area contributed by atoms with Crippen molar-refractivity contribution in [2.24, 2.45) is 11.7 Å². The Morgan fingerprint density at radius 3 is 1.85 bits per heavy atom. The van der Waals surface area contributed by atoms with Crippen LogP contribution in [0.4, 0.5) is 4.79 Å². The number of ether oxygens (including phenoxy) is 12. The number of aromatic nitrogens is 2. The van der Waals surface area contributed by atoms with Crippen molar-refractivity contribution in [3.05, 3.63) is 50.8 Å². The fraction of sp³-hybridized carbons (Fsp3) is 0.655. The third-order valence-corrected chi connectivity index (χ3v) is 13.8. The highest BCUT2D eigenvalue weighted by Crippen LogP contribution is 2.43. The molecule has 3 aliphatic heterocycles. The number of pyridine rings is 2. The molecule has 5 heterocycles. The average molecular weight is 1220 g/mol. The van der Waals surface area contributed by atoms with Crippen molar-refractivity contribution in [2.75, 3.05) is 132 Å². The molecule has 1 aromatic carbocycles. The lowest BCUT2D eigenvalue weighted by Gasteiger charge is -2.31. The topological polar surface area (TPSA) is 354 Å². The first-order valence-corrected chi connectivity index (χ1v) is 29.2. The number of amides is 5. The number of esters is 1. The first-order valence-electron chi connectivity index (χ1n) is 29.2. The minimum Gasteiger partial charge on any atom is -0.458 e. The normalized spacial score (nSPS) is 15.6. The van der Waals surface area contributed by atoms with Gasteiger partial charge in [-0.25, -0.2) is 14.6 Å². The van der Waals surface area contributed by atoms with E-state index in [-0.39, 0.29) is 89.7 Å². The Morgan fingerprint density at radius 2 is 1.29 bits per heavy atom. The third-order valence-electron chi connectivity index (χ3n) is 13.8. The number of aliphatic hydroxyl groups is 1. The van der Waals surface area contributed by atoms with Crippen LogP contribution < -0.4 is 47.4 Å². The standard InChI is InChI=1S/C58H86N8O20/c1-7-58(74)42-30-45-51-40(34-66(45)54(71)41(42)35-83-55(58)72)39(38-29-46-47(85-36-84-46)31-44(38)63-51)32-61-49(68)33-62-52(69)43(9-8-12-60-56(73)86-57(4,5)6)64-53(70)50(37(2)3)65-48(67)10-13-75-15-17-77-19-21-79-23-25-81-27-28-82-26-24-80-22-20-78-18-16-76-14-11-59/h29-31,37,43,50,74H,7-28,32-36,59H2,1-6H3,(H,60,73)(H,61,68)(H,62,69)(H,64,70)(H,65,67)/t43-,50-,58-/m0/s1. The Labute approximate surface area is 499 Å². The minimum absolute atomic E-state index is 0.0184. The molecule has 28 nitrogen and oxygen atoms in total. The molecule has 2 aromatic heterocycles. The van der Waals surface area contributed by atoms with Gasteiger partial charge < -0.3 is 98.8 Å². The fourth-order valence-electron chi connectivity index (χ4n) is 9.31. The molecule has 6 rings (SSSR count). The van der Waals surface area contributed by atoms with E-state index in [0.717, 1.165) is 0 Å². The van der Waals surface area contributed by atoms with Crippen molar-refractivity contribution in [3.63, 3.8) is 0 Å². The highest BCUT2D eigenvalue weighted by molar-refractivity contribution is 5.94. The van der Waals surface area contributed by atoms with Gasteiger partial charge in [0, 0.05) is 48.6 Å². The van der Waals surface area contributed by atoms with Crippen LogP contribution >= 0.6 is 0 Å². The van der Waals surface area contributed by atoms with E-state index < -0.39 is 77.0 Å². The van der Waals surface area contributed by atoms with E-state index >= 15 is 0 Å². The first-order chi connectivity index (χ1) is 41.3. The molecule has 3 aliphatic rings. The summed E-state index contributed by atoms with van der Waals surface area (Å²) < 4.78 is 67.1. The van der Waals surface area contributed by atoms with Gasteiger partial charge in [-0.2, -0.15) is 0 Å². The van der Waals surface area contributed by atoms with E-state index in [1.54, 1.807) is 59.7 Å². The summed E-state index contributed by atoms with van der Waals surface area (Å²) in [7, 11) is 0. The van der Waals surface area contributed by atoms with Gasteiger partial charge >= 0.3 is 12.1 Å². The average Bonchev–Trinajstić information content (AvgIpc) is 1.51. The molecule has 0 radical (unpaired) electrons. The van der Waals surface area contributed by atoms with Crippen molar-refractivity contribution >= 4 is 46.6 Å². The smallest absolute Gasteiger partial charge is 0.407 e. The lowest BCUT2D eigenvalue weighted by molar-refractivity contribution is -0.172. The molecule has 8 N–H and O–H groups in total. The molecular formula is C58H86N8O20. The number of alkyl carbamates (subject to hydrolysis) is 1. The number of cyclic esters (lactones) is 1. The van der Waals surface area contributed by atoms with Crippen LogP contribution in [0.3, 0.4) is 0 Å². The Hall–Kier alpha value is -6.60. The number of hydrogen-bond donors (Lipinski definition) is 7. The molecule has 3 aromatic rings. The molecule has 5 amide bonds. The van der Waals surface area contributed by atoms with Crippen LogP contribution in [0.5, 0.6) is 11.5 Å². The second-order valence-electron chi connectivity index (χ2n) is 21.6. The van der Waals surface area contributed by atoms with E-state index in [1.165, 1.54) is 4.57 Å². The van der Waals surface area contributed by atoms with Crippen LogP contribution in [-0.2, 0) is 96.6 Å². The summed E-state index contributed by atoms with van der Waals surface area (Å²) in [5.41, 5.74) is 4.78. The summed E-state index contributed by atoms with van der Waals surface area (Å²) in [4.78, 5) is 98.8. The van der Waals surface area contributed by atoms with Crippen LogP contribution in [0.1, 0.15) is 89.5 Å². The van der Waals surface area contributed by atoms with Gasteiger partial charge in [-0.15, -0.1) is 0 Å². The van der Waals surface area contributed by atoms with E-state index in [4.69, 9.17) is 67.6 Å². The Kier molecular flexibility index (Phi) is 27.6.